The summed E-state index contributed by atoms with van der Waals surface area (Å²) in [6.45, 7) is 0. The molecule has 6 aliphatic carbocycles. The van der Waals surface area contributed by atoms with E-state index in [1.165, 1.54) is 56.4 Å². The van der Waals surface area contributed by atoms with E-state index in [-0.39, 0.29) is 0 Å². The van der Waals surface area contributed by atoms with Crippen molar-refractivity contribution in [2.75, 3.05) is 0 Å². The Morgan fingerprint density at radius 2 is 0.700 bits per heavy atom. The molecule has 0 spiro atoms. The zero-order valence-electron chi connectivity index (χ0n) is 22.3. The molecule has 0 bridgehead atoms. The molecule has 0 nitrogen and oxygen atoms in total. The smallest absolute Gasteiger partial charge is 0.0392 e. The van der Waals surface area contributed by atoms with Crippen molar-refractivity contribution in [3.63, 3.8) is 0 Å². The van der Waals surface area contributed by atoms with Crippen molar-refractivity contribution in [1.82, 2.24) is 0 Å². The second kappa shape index (κ2) is 8.67. The van der Waals surface area contributed by atoms with Crippen LogP contribution < -0.4 is 0 Å². The summed E-state index contributed by atoms with van der Waals surface area (Å²) in [6.07, 6.45) is 28.2. The molecule has 6 aliphatic rings. The molecule has 6 unspecified atom stereocenters. The van der Waals surface area contributed by atoms with Gasteiger partial charge in [0.15, 0.2) is 0 Å². The second-order valence-corrected chi connectivity index (χ2v) is 11.8. The van der Waals surface area contributed by atoms with Crippen molar-refractivity contribution in [2.45, 2.75) is 17.8 Å². The Hall–Kier alpha value is -4.16. The first kappa shape index (κ1) is 22.6. The van der Waals surface area contributed by atoms with Crippen molar-refractivity contribution in [3.05, 3.63) is 196 Å². The highest BCUT2D eigenvalue weighted by Gasteiger charge is 2.51. The number of hydrogen-bond acceptors (Lipinski definition) is 0. The Kier molecular flexibility index (Phi) is 4.91. The van der Waals surface area contributed by atoms with Gasteiger partial charge in [0.05, 0.1) is 0 Å². The summed E-state index contributed by atoms with van der Waals surface area (Å²) in [6, 6.07) is 27.6. The first-order valence-corrected chi connectivity index (χ1v) is 14.7. The van der Waals surface area contributed by atoms with Crippen LogP contribution in [-0.2, 0) is 0 Å². The van der Waals surface area contributed by atoms with Crippen LogP contribution >= 0.6 is 0 Å². The van der Waals surface area contributed by atoms with Gasteiger partial charge in [0.2, 0.25) is 0 Å². The normalized spacial score (nSPS) is 30.1. The summed E-state index contributed by atoms with van der Waals surface area (Å²) in [5, 5.41) is 0. The molecule has 0 heteroatoms. The molecule has 0 fully saturated rings. The Labute approximate surface area is 237 Å². The van der Waals surface area contributed by atoms with Crippen LogP contribution in [0.4, 0.5) is 0 Å². The fraction of sp³-hybridized carbons (Fsp3) is 0.150. The lowest BCUT2D eigenvalue weighted by Gasteiger charge is -2.35. The Balaban J connectivity index is 1.39. The van der Waals surface area contributed by atoms with Gasteiger partial charge in [-0.05, 0) is 44.5 Å². The second-order valence-electron chi connectivity index (χ2n) is 11.8. The first-order valence-electron chi connectivity index (χ1n) is 14.7. The third-order valence-electron chi connectivity index (χ3n) is 10.0. The predicted molar refractivity (Wildman–Crippen MR) is 164 cm³/mol. The van der Waals surface area contributed by atoms with E-state index in [2.05, 4.69) is 146 Å². The molecule has 0 N–H and O–H groups in total. The maximum absolute atomic E-state index is 2.46. The number of hydrogen-bond donors (Lipinski definition) is 0. The van der Waals surface area contributed by atoms with Crippen LogP contribution in [0.25, 0.3) is 5.57 Å². The van der Waals surface area contributed by atoms with Gasteiger partial charge in [-0.2, -0.15) is 0 Å². The van der Waals surface area contributed by atoms with Gasteiger partial charge < -0.3 is 0 Å². The maximum Gasteiger partial charge on any atom is 0.0392 e. The summed E-state index contributed by atoms with van der Waals surface area (Å²) in [7, 11) is 0. The zero-order valence-corrected chi connectivity index (χ0v) is 22.3. The standard InChI is InChI=1S/C40H30/c1-7-19-31-25(13-1)26-14-2-8-20-32(26)37(31)40(38-33-21-9-3-15-27(33)28-16-4-10-22-34(28)38)39-35-23-11-5-17-29(35)30-18-6-12-24-36(30)39/h1-25,27,29,31,33,35H. The van der Waals surface area contributed by atoms with Gasteiger partial charge in [0.25, 0.3) is 0 Å². The lowest BCUT2D eigenvalue weighted by Crippen LogP contribution is -2.24. The Bertz CT molecular complexity index is 1660. The van der Waals surface area contributed by atoms with E-state index in [0.29, 0.717) is 35.5 Å². The van der Waals surface area contributed by atoms with Crippen LogP contribution in [0.1, 0.15) is 51.1 Å². The van der Waals surface area contributed by atoms with E-state index < -0.39 is 0 Å². The summed E-state index contributed by atoms with van der Waals surface area (Å²) >= 11 is 0. The quantitative estimate of drug-likeness (QED) is 0.322. The van der Waals surface area contributed by atoms with Crippen molar-refractivity contribution >= 4 is 5.57 Å². The van der Waals surface area contributed by atoms with Gasteiger partial charge in [-0.25, -0.2) is 0 Å². The molecule has 2 radical (unpaired) electrons. The zero-order chi connectivity index (χ0) is 26.2. The van der Waals surface area contributed by atoms with Crippen LogP contribution in [0, 0.1) is 29.6 Å². The molecule has 40 heavy (non-hydrogen) atoms. The average molecular weight is 511 g/mol. The predicted octanol–water partition coefficient (Wildman–Crippen LogP) is 9.20. The molecule has 3 aromatic carbocycles. The minimum atomic E-state index is 0.334. The molecule has 3 aromatic rings. The van der Waals surface area contributed by atoms with E-state index >= 15 is 0 Å². The molecule has 0 amide bonds. The van der Waals surface area contributed by atoms with Crippen molar-refractivity contribution < 1.29 is 0 Å². The number of allylic oxidation sites excluding steroid dienone is 14. The van der Waals surface area contributed by atoms with Crippen LogP contribution in [0.2, 0.25) is 0 Å². The minimum Gasteiger partial charge on any atom is -0.0792 e. The largest absolute Gasteiger partial charge is 0.0792 e. The highest BCUT2D eigenvalue weighted by Crippen LogP contribution is 2.63. The number of benzene rings is 3. The van der Waals surface area contributed by atoms with Gasteiger partial charge in [-0.15, -0.1) is 0 Å². The molecule has 0 saturated carbocycles. The van der Waals surface area contributed by atoms with E-state index in [4.69, 9.17) is 0 Å². The average Bonchev–Trinajstić information content (AvgIpc) is 3.65. The van der Waals surface area contributed by atoms with Crippen LogP contribution in [0.15, 0.2) is 151 Å². The minimum absolute atomic E-state index is 0.334. The van der Waals surface area contributed by atoms with Crippen LogP contribution in [0.5, 0.6) is 0 Å². The fourth-order valence-corrected chi connectivity index (χ4v) is 8.52. The summed E-state index contributed by atoms with van der Waals surface area (Å²) < 4.78 is 0. The SMILES string of the molecule is C1=CC2[C](C([C]3c4ccccc4C4C=CC=CC34)=C3c4ccccc4C4C=CC=CC34)c3ccccc3C2C=C1. The molecule has 0 aliphatic heterocycles. The van der Waals surface area contributed by atoms with Crippen LogP contribution in [0.3, 0.4) is 0 Å². The Morgan fingerprint density at radius 3 is 1.20 bits per heavy atom. The lowest BCUT2D eigenvalue weighted by molar-refractivity contribution is 0.628. The van der Waals surface area contributed by atoms with Crippen LogP contribution in [-0.4, -0.2) is 0 Å². The van der Waals surface area contributed by atoms with Gasteiger partial charge >= 0.3 is 0 Å². The topological polar surface area (TPSA) is 0 Å². The lowest BCUT2D eigenvalue weighted by atomic mass is 9.67. The van der Waals surface area contributed by atoms with Gasteiger partial charge in [0.1, 0.15) is 0 Å². The highest BCUT2D eigenvalue weighted by atomic mass is 14.5. The maximum atomic E-state index is 2.46. The number of rotatable bonds is 2. The number of fused-ring (bicyclic) bond motifs is 9. The van der Waals surface area contributed by atoms with Crippen molar-refractivity contribution in [2.24, 2.45) is 17.8 Å². The van der Waals surface area contributed by atoms with E-state index in [9.17, 15) is 0 Å². The molecular weight excluding hydrogens is 480 g/mol. The van der Waals surface area contributed by atoms with Crippen molar-refractivity contribution in [3.8, 4) is 0 Å². The van der Waals surface area contributed by atoms with Gasteiger partial charge in [0, 0.05) is 47.3 Å². The molecule has 6 atom stereocenters. The summed E-state index contributed by atoms with van der Waals surface area (Å²) in [5.41, 5.74) is 11.7. The summed E-state index contributed by atoms with van der Waals surface area (Å²) in [5.74, 6) is 5.19. The van der Waals surface area contributed by atoms with E-state index in [1.54, 1.807) is 0 Å². The highest BCUT2D eigenvalue weighted by molar-refractivity contribution is 5.89. The summed E-state index contributed by atoms with van der Waals surface area (Å²) in [4.78, 5) is 0. The third-order valence-corrected chi connectivity index (χ3v) is 10.0. The molecule has 190 valence electrons. The van der Waals surface area contributed by atoms with E-state index in [0.717, 1.165) is 0 Å². The van der Waals surface area contributed by atoms with E-state index in [1.807, 2.05) is 0 Å². The molecular formula is C40H30. The first-order chi connectivity index (χ1) is 19.9. The van der Waals surface area contributed by atoms with Crippen molar-refractivity contribution in [1.29, 1.82) is 0 Å². The van der Waals surface area contributed by atoms with Gasteiger partial charge in [-0.3, -0.25) is 0 Å². The molecule has 0 heterocycles. The molecule has 0 saturated heterocycles. The monoisotopic (exact) mass is 510 g/mol. The Morgan fingerprint density at radius 1 is 0.350 bits per heavy atom. The fourth-order valence-electron chi connectivity index (χ4n) is 8.52. The molecule has 9 rings (SSSR count). The molecule has 0 aromatic heterocycles. The third kappa shape index (κ3) is 3.02. The van der Waals surface area contributed by atoms with Gasteiger partial charge in [-0.1, -0.05) is 146 Å².